The molecule has 0 aliphatic carbocycles. The molecule has 7 heteroatoms. The molecule has 1 aromatic heterocycles. The highest BCUT2D eigenvalue weighted by molar-refractivity contribution is 6.39. The molecule has 0 atom stereocenters. The van der Waals surface area contributed by atoms with Crippen molar-refractivity contribution in [1.29, 1.82) is 0 Å². The summed E-state index contributed by atoms with van der Waals surface area (Å²) in [5.74, 6) is -0.0166. The van der Waals surface area contributed by atoms with E-state index in [-0.39, 0.29) is 15.7 Å². The normalized spacial score (nSPS) is 10.3. The number of amides is 1. The average Bonchev–Trinajstić information content (AvgIpc) is 2.38. The maximum atomic E-state index is 12.0. The minimum absolute atomic E-state index is 0.224. The second-order valence-corrected chi connectivity index (χ2v) is 4.92. The molecule has 0 saturated carbocycles. The van der Waals surface area contributed by atoms with Crippen LogP contribution in [-0.2, 0) is 0 Å². The van der Waals surface area contributed by atoms with E-state index in [0.29, 0.717) is 16.4 Å². The van der Waals surface area contributed by atoms with Crippen molar-refractivity contribution in [3.63, 3.8) is 0 Å². The predicted molar refractivity (Wildman–Crippen MR) is 78.1 cm³/mol. The van der Waals surface area contributed by atoms with Crippen LogP contribution in [0.5, 0.6) is 0 Å². The summed E-state index contributed by atoms with van der Waals surface area (Å²) in [6.07, 6.45) is 1.43. The molecule has 0 spiro atoms. The molecule has 0 aliphatic rings. The summed E-state index contributed by atoms with van der Waals surface area (Å²) in [6, 6.07) is 6.08. The van der Waals surface area contributed by atoms with E-state index < -0.39 is 5.91 Å². The number of hydrogen-bond acceptors (Lipinski definition) is 3. The summed E-state index contributed by atoms with van der Waals surface area (Å²) in [4.78, 5) is 15.9. The van der Waals surface area contributed by atoms with Gasteiger partial charge in [-0.25, -0.2) is 4.98 Å². The zero-order valence-corrected chi connectivity index (χ0v) is 11.7. The maximum Gasteiger partial charge on any atom is 0.256 e. The topological polar surface area (TPSA) is 68.0 Å². The standard InChI is InChI=1S/C12H8Cl3N3O/c13-7-1-2-10(17-5-7)18-12(19)6-3-8(14)11(16)9(15)4-6/h1-5H,16H2,(H,17,18,19). The number of benzene rings is 1. The van der Waals surface area contributed by atoms with E-state index in [1.165, 1.54) is 18.3 Å². The first-order valence-corrected chi connectivity index (χ1v) is 6.28. The number of nitrogens with zero attached hydrogens (tertiary/aromatic N) is 1. The van der Waals surface area contributed by atoms with Crippen molar-refractivity contribution in [3.05, 3.63) is 51.1 Å². The average molecular weight is 317 g/mol. The summed E-state index contributed by atoms with van der Waals surface area (Å²) in [6.45, 7) is 0. The van der Waals surface area contributed by atoms with Crippen LogP contribution in [0.1, 0.15) is 10.4 Å². The molecule has 98 valence electrons. The number of rotatable bonds is 2. The van der Waals surface area contributed by atoms with Gasteiger partial charge in [-0.15, -0.1) is 0 Å². The first-order chi connectivity index (χ1) is 8.97. The molecule has 19 heavy (non-hydrogen) atoms. The maximum absolute atomic E-state index is 12.0. The van der Waals surface area contributed by atoms with Crippen LogP contribution in [0.15, 0.2) is 30.5 Å². The molecule has 0 aliphatic heterocycles. The Kier molecular flexibility index (Phi) is 4.14. The lowest BCUT2D eigenvalue weighted by Crippen LogP contribution is -2.13. The van der Waals surface area contributed by atoms with Gasteiger partial charge in [0.1, 0.15) is 5.82 Å². The first-order valence-electron chi connectivity index (χ1n) is 5.15. The largest absolute Gasteiger partial charge is 0.396 e. The number of anilines is 2. The molecular formula is C12H8Cl3N3O. The quantitative estimate of drug-likeness (QED) is 0.826. The lowest BCUT2D eigenvalue weighted by Gasteiger charge is -2.07. The molecule has 0 fully saturated rings. The molecule has 0 unspecified atom stereocenters. The van der Waals surface area contributed by atoms with Crippen LogP contribution in [-0.4, -0.2) is 10.9 Å². The second kappa shape index (κ2) is 5.65. The Hall–Kier alpha value is -1.49. The summed E-state index contributed by atoms with van der Waals surface area (Å²) < 4.78 is 0. The van der Waals surface area contributed by atoms with Crippen molar-refractivity contribution in [3.8, 4) is 0 Å². The zero-order valence-electron chi connectivity index (χ0n) is 9.45. The third-order valence-electron chi connectivity index (χ3n) is 2.31. The summed E-state index contributed by atoms with van der Waals surface area (Å²) in [5.41, 5.74) is 6.13. The van der Waals surface area contributed by atoms with Gasteiger partial charge in [-0.1, -0.05) is 34.8 Å². The molecule has 1 heterocycles. The zero-order chi connectivity index (χ0) is 14.0. The van der Waals surface area contributed by atoms with E-state index in [4.69, 9.17) is 40.5 Å². The van der Waals surface area contributed by atoms with Crippen molar-refractivity contribution in [2.75, 3.05) is 11.1 Å². The number of aromatic nitrogens is 1. The van der Waals surface area contributed by atoms with E-state index in [1.807, 2.05) is 0 Å². The van der Waals surface area contributed by atoms with Crippen LogP contribution in [0.2, 0.25) is 15.1 Å². The van der Waals surface area contributed by atoms with Crippen LogP contribution >= 0.6 is 34.8 Å². The number of hydrogen-bond donors (Lipinski definition) is 2. The highest BCUT2D eigenvalue weighted by Gasteiger charge is 2.11. The minimum atomic E-state index is -0.390. The third-order valence-corrected chi connectivity index (χ3v) is 3.16. The number of halogens is 3. The Balaban J connectivity index is 2.23. The summed E-state index contributed by atoms with van der Waals surface area (Å²) in [5, 5.41) is 3.52. The highest BCUT2D eigenvalue weighted by Crippen LogP contribution is 2.29. The van der Waals surface area contributed by atoms with Gasteiger partial charge in [-0.3, -0.25) is 4.79 Å². The van der Waals surface area contributed by atoms with Crippen molar-refractivity contribution < 1.29 is 4.79 Å². The van der Waals surface area contributed by atoms with E-state index in [9.17, 15) is 4.79 Å². The van der Waals surface area contributed by atoms with Gasteiger partial charge in [0.15, 0.2) is 0 Å². The van der Waals surface area contributed by atoms with Crippen LogP contribution in [0.3, 0.4) is 0 Å². The van der Waals surface area contributed by atoms with Gasteiger partial charge in [-0.2, -0.15) is 0 Å². The molecule has 0 radical (unpaired) electrons. The fraction of sp³-hybridized carbons (Fsp3) is 0. The number of nitrogens with two attached hydrogens (primary N) is 1. The van der Waals surface area contributed by atoms with Gasteiger partial charge >= 0.3 is 0 Å². The highest BCUT2D eigenvalue weighted by atomic mass is 35.5. The molecule has 3 N–H and O–H groups in total. The van der Waals surface area contributed by atoms with Gasteiger partial charge in [0, 0.05) is 11.8 Å². The molecule has 2 aromatic rings. The van der Waals surface area contributed by atoms with Crippen molar-refractivity contribution in [2.24, 2.45) is 0 Å². The fourth-order valence-corrected chi connectivity index (χ4v) is 1.95. The monoisotopic (exact) mass is 315 g/mol. The third kappa shape index (κ3) is 3.29. The summed E-state index contributed by atoms with van der Waals surface area (Å²) >= 11 is 17.4. The van der Waals surface area contributed by atoms with Gasteiger partial charge in [0.05, 0.1) is 20.8 Å². The van der Waals surface area contributed by atoms with Crippen LogP contribution in [0.4, 0.5) is 11.5 Å². The Bertz CT molecular complexity index is 606. The predicted octanol–water partition coefficient (Wildman–Crippen LogP) is 3.88. The lowest BCUT2D eigenvalue weighted by molar-refractivity contribution is 0.102. The smallest absolute Gasteiger partial charge is 0.256 e. The first kappa shape index (κ1) is 13.9. The second-order valence-electron chi connectivity index (χ2n) is 3.67. The van der Waals surface area contributed by atoms with Gasteiger partial charge in [0.25, 0.3) is 5.91 Å². The number of carbonyl (C=O) groups is 1. The number of nitrogens with one attached hydrogen (secondary N) is 1. The molecular weight excluding hydrogens is 309 g/mol. The molecule has 4 nitrogen and oxygen atoms in total. The Morgan fingerprint density at radius 3 is 2.32 bits per heavy atom. The van der Waals surface area contributed by atoms with Gasteiger partial charge < -0.3 is 11.1 Å². The van der Waals surface area contributed by atoms with Crippen molar-refractivity contribution >= 4 is 52.2 Å². The Morgan fingerprint density at radius 1 is 1.16 bits per heavy atom. The van der Waals surface area contributed by atoms with Crippen molar-refractivity contribution in [2.45, 2.75) is 0 Å². The number of pyridine rings is 1. The number of nitrogen functional groups attached to an aromatic ring is 1. The lowest BCUT2D eigenvalue weighted by atomic mass is 10.2. The van der Waals surface area contributed by atoms with E-state index in [0.717, 1.165) is 0 Å². The molecule has 1 amide bonds. The van der Waals surface area contributed by atoms with Gasteiger partial charge in [0.2, 0.25) is 0 Å². The van der Waals surface area contributed by atoms with E-state index in [1.54, 1.807) is 12.1 Å². The van der Waals surface area contributed by atoms with Crippen LogP contribution < -0.4 is 11.1 Å². The van der Waals surface area contributed by atoms with E-state index in [2.05, 4.69) is 10.3 Å². The number of carbonyl (C=O) groups excluding carboxylic acids is 1. The van der Waals surface area contributed by atoms with Crippen LogP contribution in [0, 0.1) is 0 Å². The molecule has 1 aromatic carbocycles. The van der Waals surface area contributed by atoms with E-state index >= 15 is 0 Å². The van der Waals surface area contributed by atoms with Crippen LogP contribution in [0.25, 0.3) is 0 Å². The minimum Gasteiger partial charge on any atom is -0.396 e. The molecule has 2 rings (SSSR count). The van der Waals surface area contributed by atoms with Gasteiger partial charge in [-0.05, 0) is 24.3 Å². The summed E-state index contributed by atoms with van der Waals surface area (Å²) in [7, 11) is 0. The fourth-order valence-electron chi connectivity index (χ4n) is 1.35. The van der Waals surface area contributed by atoms with Crippen molar-refractivity contribution in [1.82, 2.24) is 4.98 Å². The SMILES string of the molecule is Nc1c(Cl)cc(C(=O)Nc2ccc(Cl)cn2)cc1Cl. The molecule has 0 saturated heterocycles. The molecule has 0 bridgehead atoms. The Morgan fingerprint density at radius 2 is 1.79 bits per heavy atom. The Labute approximate surface area is 124 Å².